The molecule has 1 fully saturated rings. The maximum atomic E-state index is 12.7. The van der Waals surface area contributed by atoms with Gasteiger partial charge >= 0.3 is 18.0 Å². The van der Waals surface area contributed by atoms with E-state index in [1.807, 2.05) is 48.5 Å². The van der Waals surface area contributed by atoms with Gasteiger partial charge in [0.05, 0.1) is 6.54 Å². The van der Waals surface area contributed by atoms with Crippen LogP contribution in [-0.2, 0) is 19.1 Å². The molecule has 34 heavy (non-hydrogen) atoms. The van der Waals surface area contributed by atoms with E-state index < -0.39 is 29.2 Å². The highest BCUT2D eigenvalue weighted by atomic mass is 16.6. The van der Waals surface area contributed by atoms with E-state index in [0.717, 1.165) is 22.3 Å². The summed E-state index contributed by atoms with van der Waals surface area (Å²) in [5.74, 6) is -1.71. The Labute approximate surface area is 198 Å². The van der Waals surface area contributed by atoms with Gasteiger partial charge in [-0.2, -0.15) is 0 Å². The van der Waals surface area contributed by atoms with Crippen molar-refractivity contribution in [3.8, 4) is 11.1 Å². The highest BCUT2D eigenvalue weighted by molar-refractivity contribution is 5.85. The normalized spacial score (nSPS) is 19.9. The number of carboxylic acid groups (broad SMARTS) is 1. The van der Waals surface area contributed by atoms with Crippen LogP contribution in [0.2, 0.25) is 0 Å². The zero-order valence-electron chi connectivity index (χ0n) is 19.7. The monoisotopic (exact) mass is 466 g/mol. The van der Waals surface area contributed by atoms with Gasteiger partial charge in [-0.25, -0.2) is 9.59 Å². The van der Waals surface area contributed by atoms with E-state index in [4.69, 9.17) is 9.47 Å². The number of rotatable bonds is 6. The van der Waals surface area contributed by atoms with Crippen molar-refractivity contribution in [2.75, 3.05) is 26.2 Å². The first kappa shape index (κ1) is 23.8. The van der Waals surface area contributed by atoms with Crippen LogP contribution in [-0.4, -0.2) is 65.4 Å². The lowest BCUT2D eigenvalue weighted by Crippen LogP contribution is -2.56. The summed E-state index contributed by atoms with van der Waals surface area (Å²) < 4.78 is 10.9. The van der Waals surface area contributed by atoms with Crippen LogP contribution in [0.1, 0.15) is 44.2 Å². The number of nitrogens with one attached hydrogen (secondary N) is 1. The Bertz CT molecular complexity index is 1060. The van der Waals surface area contributed by atoms with E-state index in [1.165, 1.54) is 0 Å². The second-order valence-corrected chi connectivity index (χ2v) is 9.88. The molecule has 180 valence electrons. The summed E-state index contributed by atoms with van der Waals surface area (Å²) in [7, 11) is 0. The van der Waals surface area contributed by atoms with Crippen molar-refractivity contribution >= 4 is 18.0 Å². The number of fused-ring (bicyclic) bond motifs is 3. The molecule has 2 N–H and O–H groups in total. The van der Waals surface area contributed by atoms with E-state index in [9.17, 15) is 19.5 Å². The molecule has 0 saturated carbocycles. The second kappa shape index (κ2) is 9.10. The summed E-state index contributed by atoms with van der Waals surface area (Å²) in [5, 5.41) is 12.4. The molecule has 1 unspecified atom stereocenters. The average Bonchev–Trinajstić information content (AvgIpc) is 3.30. The van der Waals surface area contributed by atoms with Crippen LogP contribution in [0.15, 0.2) is 48.5 Å². The molecule has 0 aromatic heterocycles. The summed E-state index contributed by atoms with van der Waals surface area (Å²) in [5.41, 5.74) is 2.23. The molecule has 8 heteroatoms. The zero-order valence-corrected chi connectivity index (χ0v) is 19.7. The van der Waals surface area contributed by atoms with E-state index >= 15 is 0 Å². The third-order valence-corrected chi connectivity index (χ3v) is 6.22. The van der Waals surface area contributed by atoms with Gasteiger partial charge in [0.2, 0.25) is 0 Å². The largest absolute Gasteiger partial charge is 0.479 e. The predicted octanol–water partition coefficient (Wildman–Crippen LogP) is 3.40. The van der Waals surface area contributed by atoms with E-state index in [2.05, 4.69) is 5.32 Å². The van der Waals surface area contributed by atoms with Crippen molar-refractivity contribution < 1.29 is 29.0 Å². The summed E-state index contributed by atoms with van der Waals surface area (Å²) in [6.45, 7) is 5.70. The smallest absolute Gasteiger partial charge is 0.408 e. The quantitative estimate of drug-likeness (QED) is 0.629. The molecule has 1 heterocycles. The molecule has 1 aliphatic carbocycles. The number of carbonyl (C=O) groups is 3. The standard InChI is InChI=1S/C26H30N2O6/c1-25(2,3)34-22(29)14-28-13-12-26(16-28,23(30)31)27-24(32)33-15-21-19-10-6-4-8-17(19)18-9-5-7-11-20(18)21/h4-11,21H,12-16H2,1-3H3,(H,27,32)(H,30,31). The number of ether oxygens (including phenoxy) is 2. The third kappa shape index (κ3) is 4.92. The Morgan fingerprint density at radius 3 is 2.21 bits per heavy atom. The number of benzene rings is 2. The van der Waals surface area contributed by atoms with Crippen LogP contribution in [0.25, 0.3) is 11.1 Å². The van der Waals surface area contributed by atoms with E-state index in [0.29, 0.717) is 6.54 Å². The van der Waals surface area contributed by atoms with Gasteiger partial charge in [-0.15, -0.1) is 0 Å². The number of carboxylic acids is 1. The second-order valence-electron chi connectivity index (χ2n) is 9.88. The highest BCUT2D eigenvalue weighted by Gasteiger charge is 2.47. The minimum absolute atomic E-state index is 0.00816. The Kier molecular flexibility index (Phi) is 6.36. The number of alkyl carbamates (subject to hydrolysis) is 1. The van der Waals surface area contributed by atoms with Gasteiger partial charge in [0.25, 0.3) is 0 Å². The lowest BCUT2D eigenvalue weighted by molar-refractivity contribution is -0.156. The summed E-state index contributed by atoms with van der Waals surface area (Å²) in [4.78, 5) is 38.6. The molecule has 1 amide bonds. The Hall–Kier alpha value is -3.39. The van der Waals surface area contributed by atoms with Crippen LogP contribution in [0, 0.1) is 0 Å². The minimum atomic E-state index is -1.52. The van der Waals surface area contributed by atoms with Gasteiger partial charge in [0, 0.05) is 19.0 Å². The molecule has 0 spiro atoms. The van der Waals surface area contributed by atoms with Gasteiger partial charge in [0.15, 0.2) is 5.54 Å². The molecule has 2 aromatic carbocycles. The summed E-state index contributed by atoms with van der Waals surface area (Å²) in [6.07, 6.45) is -0.627. The fourth-order valence-electron chi connectivity index (χ4n) is 4.74. The van der Waals surface area contributed by atoms with Gasteiger partial charge in [-0.05, 0) is 49.4 Å². The molecule has 0 bridgehead atoms. The van der Waals surface area contributed by atoms with E-state index in [-0.39, 0.29) is 32.0 Å². The van der Waals surface area contributed by atoms with Crippen LogP contribution in [0.3, 0.4) is 0 Å². The summed E-state index contributed by atoms with van der Waals surface area (Å²) >= 11 is 0. The molecular formula is C26H30N2O6. The lowest BCUT2D eigenvalue weighted by atomic mass is 9.98. The molecule has 0 radical (unpaired) electrons. The van der Waals surface area contributed by atoms with Crippen molar-refractivity contribution in [2.45, 2.75) is 44.2 Å². The fourth-order valence-corrected chi connectivity index (χ4v) is 4.74. The predicted molar refractivity (Wildman–Crippen MR) is 125 cm³/mol. The Balaban J connectivity index is 1.39. The number of nitrogens with zero attached hydrogens (tertiary/aromatic N) is 1. The van der Waals surface area contributed by atoms with Crippen molar-refractivity contribution in [2.24, 2.45) is 0 Å². The van der Waals surface area contributed by atoms with Crippen molar-refractivity contribution in [1.82, 2.24) is 10.2 Å². The van der Waals surface area contributed by atoms with Gasteiger partial charge < -0.3 is 19.9 Å². The molecule has 4 rings (SSSR count). The number of esters is 1. The van der Waals surface area contributed by atoms with E-state index in [1.54, 1.807) is 25.7 Å². The Morgan fingerprint density at radius 2 is 1.65 bits per heavy atom. The maximum absolute atomic E-state index is 12.7. The van der Waals surface area contributed by atoms with Crippen LogP contribution >= 0.6 is 0 Å². The Morgan fingerprint density at radius 1 is 1.06 bits per heavy atom. The van der Waals surface area contributed by atoms with Gasteiger partial charge in [-0.3, -0.25) is 9.69 Å². The van der Waals surface area contributed by atoms with Crippen molar-refractivity contribution in [3.05, 3.63) is 59.7 Å². The first-order valence-electron chi connectivity index (χ1n) is 11.4. The molecule has 1 aliphatic heterocycles. The van der Waals surface area contributed by atoms with Crippen LogP contribution in [0.5, 0.6) is 0 Å². The highest BCUT2D eigenvalue weighted by Crippen LogP contribution is 2.44. The first-order valence-corrected chi connectivity index (χ1v) is 11.4. The van der Waals surface area contributed by atoms with Crippen LogP contribution in [0.4, 0.5) is 4.79 Å². The van der Waals surface area contributed by atoms with Crippen molar-refractivity contribution in [3.63, 3.8) is 0 Å². The van der Waals surface area contributed by atoms with Gasteiger partial charge in [-0.1, -0.05) is 48.5 Å². The SMILES string of the molecule is CC(C)(C)OC(=O)CN1CCC(NC(=O)OCC2c3ccccc3-c3ccccc32)(C(=O)O)C1. The molecule has 1 saturated heterocycles. The number of hydrogen-bond acceptors (Lipinski definition) is 6. The minimum Gasteiger partial charge on any atom is -0.479 e. The fraction of sp³-hybridized carbons (Fsp3) is 0.423. The number of carbonyl (C=O) groups excluding carboxylic acids is 2. The average molecular weight is 467 g/mol. The lowest BCUT2D eigenvalue weighted by Gasteiger charge is -2.26. The number of likely N-dealkylation sites (tertiary alicyclic amines) is 1. The summed E-state index contributed by atoms with van der Waals surface area (Å²) in [6, 6.07) is 16.0. The number of aliphatic carboxylic acids is 1. The number of hydrogen-bond donors (Lipinski definition) is 2. The molecule has 1 atom stereocenters. The first-order chi connectivity index (χ1) is 16.1. The molecular weight excluding hydrogens is 436 g/mol. The van der Waals surface area contributed by atoms with Crippen LogP contribution < -0.4 is 5.32 Å². The molecule has 2 aliphatic rings. The number of amides is 1. The third-order valence-electron chi connectivity index (χ3n) is 6.22. The topological polar surface area (TPSA) is 105 Å². The molecule has 2 aromatic rings. The van der Waals surface area contributed by atoms with Gasteiger partial charge in [0.1, 0.15) is 12.2 Å². The zero-order chi connectivity index (χ0) is 24.5. The molecule has 8 nitrogen and oxygen atoms in total. The maximum Gasteiger partial charge on any atom is 0.408 e. The van der Waals surface area contributed by atoms with Crippen molar-refractivity contribution in [1.29, 1.82) is 0 Å².